The summed E-state index contributed by atoms with van der Waals surface area (Å²) in [5.41, 5.74) is 20.3. The number of hydrogen-bond acceptors (Lipinski definition) is 1. The molecule has 9 aromatic rings. The summed E-state index contributed by atoms with van der Waals surface area (Å²) < 4.78 is 2.45. The van der Waals surface area contributed by atoms with Gasteiger partial charge in [0.2, 0.25) is 0 Å². The van der Waals surface area contributed by atoms with E-state index in [4.69, 9.17) is 0 Å². The van der Waals surface area contributed by atoms with Gasteiger partial charge in [-0.1, -0.05) is 137 Å². The fraction of sp³-hybridized carbons (Fsp3) is 0.111. The predicted molar refractivity (Wildman–Crippen MR) is 236 cm³/mol. The lowest BCUT2D eigenvalue weighted by atomic mass is 9.82. The highest BCUT2D eigenvalue weighted by molar-refractivity contribution is 6.12. The summed E-state index contributed by atoms with van der Waals surface area (Å²) >= 11 is 0. The van der Waals surface area contributed by atoms with Gasteiger partial charge in [-0.3, -0.25) is 0 Å². The van der Waals surface area contributed by atoms with Crippen molar-refractivity contribution in [2.75, 3.05) is 4.90 Å². The van der Waals surface area contributed by atoms with Gasteiger partial charge < -0.3 is 9.47 Å². The molecule has 1 heterocycles. The van der Waals surface area contributed by atoms with Crippen LogP contribution in [0.15, 0.2) is 182 Å². The van der Waals surface area contributed by atoms with Gasteiger partial charge in [0.15, 0.2) is 0 Å². The molecule has 1 aromatic heterocycles. The van der Waals surface area contributed by atoms with Crippen LogP contribution in [0.25, 0.3) is 60.9 Å². The molecule has 0 saturated carbocycles. The maximum Gasteiger partial charge on any atom is 0.0544 e. The van der Waals surface area contributed by atoms with E-state index in [-0.39, 0.29) is 10.8 Å². The van der Waals surface area contributed by atoms with Gasteiger partial charge in [-0.05, 0) is 128 Å². The number of benzene rings is 8. The summed E-state index contributed by atoms with van der Waals surface area (Å²) in [4.78, 5) is 2.39. The number of fused-ring (bicyclic) bond motifs is 9. The van der Waals surface area contributed by atoms with E-state index in [1.165, 1.54) is 83.1 Å². The molecule has 0 saturated heterocycles. The minimum atomic E-state index is -0.0733. The Morgan fingerprint density at radius 2 is 0.875 bits per heavy atom. The van der Waals surface area contributed by atoms with Crippen molar-refractivity contribution in [2.45, 2.75) is 38.5 Å². The monoisotopic (exact) mass is 718 g/mol. The van der Waals surface area contributed by atoms with Crippen LogP contribution in [-0.2, 0) is 10.8 Å². The first-order valence-electron chi connectivity index (χ1n) is 19.8. The zero-order valence-electron chi connectivity index (χ0n) is 32.2. The van der Waals surface area contributed by atoms with Crippen molar-refractivity contribution in [3.63, 3.8) is 0 Å². The summed E-state index contributed by atoms with van der Waals surface area (Å²) in [6, 6.07) is 67.4. The number of hydrogen-bond donors (Lipinski definition) is 0. The van der Waals surface area contributed by atoms with Gasteiger partial charge >= 0.3 is 0 Å². The molecule has 2 aliphatic carbocycles. The van der Waals surface area contributed by atoms with Gasteiger partial charge in [-0.2, -0.15) is 0 Å². The quantitative estimate of drug-likeness (QED) is 0.172. The Hall–Kier alpha value is -6.64. The van der Waals surface area contributed by atoms with Gasteiger partial charge in [-0.25, -0.2) is 0 Å². The van der Waals surface area contributed by atoms with Crippen molar-refractivity contribution in [1.29, 1.82) is 0 Å². The van der Waals surface area contributed by atoms with Crippen molar-refractivity contribution >= 4 is 38.9 Å². The van der Waals surface area contributed by atoms with Gasteiger partial charge in [-0.15, -0.1) is 0 Å². The van der Waals surface area contributed by atoms with Crippen LogP contribution in [0.3, 0.4) is 0 Å². The lowest BCUT2D eigenvalue weighted by Crippen LogP contribution is -2.16. The maximum atomic E-state index is 2.46. The minimum absolute atomic E-state index is 0.0698. The third-order valence-corrected chi connectivity index (χ3v) is 12.8. The third kappa shape index (κ3) is 4.69. The average Bonchev–Trinajstić information content (AvgIpc) is 3.77. The molecular weight excluding hydrogens is 677 g/mol. The van der Waals surface area contributed by atoms with Gasteiger partial charge in [0.05, 0.1) is 11.0 Å². The van der Waals surface area contributed by atoms with Crippen molar-refractivity contribution in [2.24, 2.45) is 0 Å². The molecule has 2 aliphatic rings. The molecule has 0 N–H and O–H groups in total. The Labute approximate surface area is 328 Å². The van der Waals surface area contributed by atoms with E-state index in [1.54, 1.807) is 0 Å². The molecule has 56 heavy (non-hydrogen) atoms. The first-order valence-corrected chi connectivity index (χ1v) is 19.8. The van der Waals surface area contributed by atoms with Crippen LogP contribution in [0, 0.1) is 0 Å². The number of nitrogens with zero attached hydrogens (tertiary/aromatic N) is 2. The molecule has 11 rings (SSSR count). The maximum absolute atomic E-state index is 2.46. The largest absolute Gasteiger partial charge is 0.310 e. The normalized spacial score (nSPS) is 14.4. The van der Waals surface area contributed by atoms with Gasteiger partial charge in [0.25, 0.3) is 0 Å². The third-order valence-electron chi connectivity index (χ3n) is 12.8. The molecule has 0 radical (unpaired) electrons. The molecule has 2 nitrogen and oxygen atoms in total. The summed E-state index contributed by atoms with van der Waals surface area (Å²) in [5, 5.41) is 2.55. The molecule has 0 spiro atoms. The molecule has 0 aliphatic heterocycles. The summed E-state index contributed by atoms with van der Waals surface area (Å²) in [7, 11) is 0. The summed E-state index contributed by atoms with van der Waals surface area (Å²) in [5.74, 6) is 0. The van der Waals surface area contributed by atoms with E-state index in [2.05, 4.69) is 219 Å². The molecular formula is C54H42N2. The second-order valence-electron chi connectivity index (χ2n) is 16.6. The van der Waals surface area contributed by atoms with Crippen LogP contribution in [0.4, 0.5) is 17.1 Å². The number of para-hydroxylation sites is 2. The van der Waals surface area contributed by atoms with Crippen LogP contribution in [0.1, 0.15) is 49.9 Å². The molecule has 0 amide bonds. The second-order valence-corrected chi connectivity index (χ2v) is 16.6. The molecule has 0 fully saturated rings. The fourth-order valence-electron chi connectivity index (χ4n) is 9.91. The van der Waals surface area contributed by atoms with E-state index >= 15 is 0 Å². The number of anilines is 3. The van der Waals surface area contributed by atoms with Crippen LogP contribution in [-0.4, -0.2) is 4.57 Å². The number of rotatable bonds is 5. The molecule has 2 heteroatoms. The molecule has 8 aromatic carbocycles. The lowest BCUT2D eigenvalue weighted by Gasteiger charge is -2.28. The fourth-order valence-corrected chi connectivity index (χ4v) is 9.91. The highest BCUT2D eigenvalue weighted by atomic mass is 15.1. The van der Waals surface area contributed by atoms with E-state index in [9.17, 15) is 0 Å². The minimum Gasteiger partial charge on any atom is -0.310 e. The zero-order chi connectivity index (χ0) is 37.8. The van der Waals surface area contributed by atoms with Gasteiger partial charge in [0.1, 0.15) is 0 Å². The van der Waals surface area contributed by atoms with E-state index in [0.717, 1.165) is 17.1 Å². The Balaban J connectivity index is 1.04. The Morgan fingerprint density at radius 3 is 1.57 bits per heavy atom. The highest BCUT2D eigenvalue weighted by Gasteiger charge is 2.37. The van der Waals surface area contributed by atoms with Crippen LogP contribution >= 0.6 is 0 Å². The van der Waals surface area contributed by atoms with E-state index < -0.39 is 0 Å². The van der Waals surface area contributed by atoms with Crippen molar-refractivity contribution in [3.05, 3.63) is 204 Å². The van der Waals surface area contributed by atoms with Crippen molar-refractivity contribution in [3.8, 4) is 39.1 Å². The molecule has 0 bridgehead atoms. The topological polar surface area (TPSA) is 8.17 Å². The number of aromatic nitrogens is 1. The SMILES string of the molecule is CC1(C)c2ccccc2-c2ccc(N(c3ccccc3)c3ccc(-c4ccc5c(c4)c4cc6c(cc4n5-c4ccccc4)C(C)(C)c4ccccc4-6)cc3)cc21. The zero-order valence-corrected chi connectivity index (χ0v) is 32.2. The standard InChI is InChI=1S/C54H42N2/c1-53(2)47-21-13-11-19-41(47)43-29-28-40(32-49(43)53)55(37-15-7-5-8-16-37)39-26-23-35(24-27-39)36-25-30-51-45(31-36)46-33-44-42-20-12-14-22-48(42)54(3,4)50(44)34-52(46)56(51)38-17-9-6-10-18-38/h5-34H,1-4H3. The average molecular weight is 719 g/mol. The second kappa shape index (κ2) is 11.9. The van der Waals surface area contributed by atoms with Crippen molar-refractivity contribution < 1.29 is 0 Å². The Kier molecular flexibility index (Phi) is 6.98. The van der Waals surface area contributed by atoms with Crippen LogP contribution in [0.2, 0.25) is 0 Å². The Bertz CT molecular complexity index is 3000. The molecule has 0 unspecified atom stereocenters. The van der Waals surface area contributed by atoms with Gasteiger partial charge in [0, 0.05) is 44.4 Å². The van der Waals surface area contributed by atoms with Crippen LogP contribution < -0.4 is 4.90 Å². The highest BCUT2D eigenvalue weighted by Crippen LogP contribution is 2.52. The predicted octanol–water partition coefficient (Wildman–Crippen LogP) is 14.5. The summed E-state index contributed by atoms with van der Waals surface area (Å²) in [6.07, 6.45) is 0. The Morgan fingerprint density at radius 1 is 0.357 bits per heavy atom. The summed E-state index contributed by atoms with van der Waals surface area (Å²) in [6.45, 7) is 9.43. The van der Waals surface area contributed by atoms with Crippen molar-refractivity contribution in [1.82, 2.24) is 4.57 Å². The van der Waals surface area contributed by atoms with E-state index in [0.29, 0.717) is 0 Å². The van der Waals surface area contributed by atoms with Crippen LogP contribution in [0.5, 0.6) is 0 Å². The first kappa shape index (κ1) is 32.8. The molecule has 0 atom stereocenters. The molecule has 268 valence electrons. The van der Waals surface area contributed by atoms with E-state index in [1.807, 2.05) is 0 Å². The lowest BCUT2D eigenvalue weighted by molar-refractivity contribution is 0.660. The smallest absolute Gasteiger partial charge is 0.0544 e. The first-order chi connectivity index (χ1) is 27.3.